The van der Waals surface area contributed by atoms with Gasteiger partial charge in [-0.05, 0) is 30.4 Å². The molecule has 0 saturated carbocycles. The average molecular weight is 920 g/mol. The molecule has 2 bridgehead atoms. The van der Waals surface area contributed by atoms with Crippen LogP contribution in [0.2, 0.25) is 0 Å². The summed E-state index contributed by atoms with van der Waals surface area (Å²) in [6.07, 6.45) is -11.3. The van der Waals surface area contributed by atoms with Crippen molar-refractivity contribution in [2.45, 2.75) is 75.9 Å². The predicted octanol–water partition coefficient (Wildman–Crippen LogP) is 3.81. The number of aromatic amines is 1. The van der Waals surface area contributed by atoms with Crippen LogP contribution in [-0.2, 0) is 48.7 Å². The fourth-order valence-electron chi connectivity index (χ4n) is 6.90. The van der Waals surface area contributed by atoms with Crippen LogP contribution in [0.5, 0.6) is 0 Å². The Balaban J connectivity index is 1.10. The van der Waals surface area contributed by atoms with E-state index in [-0.39, 0.29) is 46.9 Å². The standard InChI is InChI=1S/C35H37F2N11O11P2S/c1-17(2)30(49)45-35-44-29-24(32(51)46-35)42-16-48(29)34-26-21(36)19(56-34)12-54-60(52,11-7-6-10-38)58-25-20(13-55-61(53,62)59-26)57-33(22(25)37)47-15-41-23-27(39-14-40-28(23)47)43-31(50)18-8-4-3-5-9-18/h3-5,8-9,14-17,19-22,25-26,33-34H,6-7,11-13H2,1-2H3,(H,53,62)(H,39,40,43,50)(H2,44,45,46,49,51)/t19-,20-,21-,22+,25-,26+,33-,34-,60?,61?/m1/s1. The van der Waals surface area contributed by atoms with E-state index in [0.29, 0.717) is 5.56 Å². The number of nitrogens with zero attached hydrogens (tertiary/aromatic N) is 8. The number of aromatic nitrogens is 8. The second kappa shape index (κ2) is 17.6. The summed E-state index contributed by atoms with van der Waals surface area (Å²) < 4.78 is 85.4. The van der Waals surface area contributed by atoms with Crippen LogP contribution < -0.4 is 16.2 Å². The number of unbranched alkanes of at least 4 members (excludes halogenated alkanes) is 1. The molecular formula is C35H37F2N11O11P2S. The van der Waals surface area contributed by atoms with Crippen molar-refractivity contribution in [2.24, 2.45) is 5.92 Å². The highest BCUT2D eigenvalue weighted by molar-refractivity contribution is 8.07. The number of fused-ring (bicyclic) bond motifs is 5. The van der Waals surface area contributed by atoms with Gasteiger partial charge in [0.15, 0.2) is 52.9 Å². The molecule has 2 unspecified atom stereocenters. The van der Waals surface area contributed by atoms with Crippen LogP contribution in [0.4, 0.5) is 20.5 Å². The molecule has 8 rings (SSSR count). The summed E-state index contributed by atoms with van der Waals surface area (Å²) in [6.45, 7) is -2.82. The maximum Gasteiger partial charge on any atom is 0.331 e. The number of benzene rings is 1. The summed E-state index contributed by atoms with van der Waals surface area (Å²) in [6, 6.07) is 10.2. The first-order valence-corrected chi connectivity index (χ1v) is 23.3. The number of hydrogen-bond donors (Lipinski definition) is 4. The zero-order chi connectivity index (χ0) is 43.9. The van der Waals surface area contributed by atoms with Gasteiger partial charge < -0.3 is 28.7 Å². The third-order valence-electron chi connectivity index (χ3n) is 10.00. The lowest BCUT2D eigenvalue weighted by Crippen LogP contribution is -2.34. The SMILES string of the molecule is CC(C)C(=O)Nc1nc2c(ncn2[C@@H]2O[C@@H]3COP(=O)(CCCC#N)O[C@H]4[C@H](F)[C@H](n5cnc6c(NC(=O)c7ccccc7)ncnc65)O[C@@H]4COP(O)(=S)O[C@H]2[C@@H]3F)c(=O)[nH]1. The largest absolute Gasteiger partial charge is 0.346 e. The van der Waals surface area contributed by atoms with E-state index in [1.165, 1.54) is 10.9 Å². The molecular weight excluding hydrogens is 882 g/mol. The summed E-state index contributed by atoms with van der Waals surface area (Å²) in [5.74, 6) is -1.68. The molecule has 27 heteroatoms. The Bertz CT molecular complexity index is 2700. The molecule has 3 aliphatic heterocycles. The monoisotopic (exact) mass is 919 g/mol. The fourth-order valence-corrected chi connectivity index (χ4v) is 10.1. The van der Waals surface area contributed by atoms with E-state index >= 15 is 8.78 Å². The topological polar surface area (TPSA) is 282 Å². The number of H-pyrrole nitrogens is 1. The molecule has 10 atom stereocenters. The zero-order valence-corrected chi connectivity index (χ0v) is 35.1. The summed E-state index contributed by atoms with van der Waals surface area (Å²) in [4.78, 5) is 73.1. The van der Waals surface area contributed by atoms with Crippen molar-refractivity contribution in [3.8, 4) is 6.07 Å². The van der Waals surface area contributed by atoms with Crippen molar-refractivity contribution in [1.82, 2.24) is 39.0 Å². The van der Waals surface area contributed by atoms with Crippen molar-refractivity contribution in [2.75, 3.05) is 30.0 Å². The highest BCUT2D eigenvalue weighted by atomic mass is 32.5. The highest BCUT2D eigenvalue weighted by Crippen LogP contribution is 2.56. The minimum atomic E-state index is -4.52. The Morgan fingerprint density at radius 1 is 0.968 bits per heavy atom. The maximum absolute atomic E-state index is 16.8. The first-order chi connectivity index (χ1) is 29.6. The van der Waals surface area contributed by atoms with Crippen LogP contribution in [0.25, 0.3) is 22.3 Å². The molecule has 3 aliphatic rings. The molecule has 22 nitrogen and oxygen atoms in total. The van der Waals surface area contributed by atoms with Gasteiger partial charge in [0.05, 0.1) is 38.1 Å². The molecule has 328 valence electrons. The van der Waals surface area contributed by atoms with Crippen molar-refractivity contribution < 1.29 is 55.4 Å². The summed E-state index contributed by atoms with van der Waals surface area (Å²) >= 11 is 5.31. The quantitative estimate of drug-likeness (QED) is 0.121. The van der Waals surface area contributed by atoms with Gasteiger partial charge in [-0.1, -0.05) is 32.0 Å². The number of rotatable bonds is 9. The Morgan fingerprint density at radius 3 is 2.42 bits per heavy atom. The van der Waals surface area contributed by atoms with E-state index in [1.807, 2.05) is 6.07 Å². The van der Waals surface area contributed by atoms with Crippen LogP contribution in [0.15, 0.2) is 54.1 Å². The molecule has 2 amide bonds. The lowest BCUT2D eigenvalue weighted by Gasteiger charge is -2.28. The highest BCUT2D eigenvalue weighted by Gasteiger charge is 2.54. The first-order valence-electron chi connectivity index (χ1n) is 19.0. The Kier molecular flexibility index (Phi) is 12.4. The molecule has 0 spiro atoms. The maximum atomic E-state index is 16.8. The molecule has 5 aromatic rings. The Hall–Kier alpha value is -4.99. The molecule has 3 saturated heterocycles. The van der Waals surface area contributed by atoms with Crippen molar-refractivity contribution in [1.29, 1.82) is 5.26 Å². The van der Waals surface area contributed by atoms with Crippen LogP contribution in [0, 0.1) is 17.2 Å². The second-order valence-electron chi connectivity index (χ2n) is 14.6. The molecule has 1 aromatic carbocycles. The molecule has 3 fully saturated rings. The predicted molar refractivity (Wildman–Crippen MR) is 214 cm³/mol. The summed E-state index contributed by atoms with van der Waals surface area (Å²) in [5.41, 5.74) is -0.715. The minimum Gasteiger partial charge on any atom is -0.346 e. The number of alkyl halides is 2. The van der Waals surface area contributed by atoms with Gasteiger partial charge >= 0.3 is 14.3 Å². The van der Waals surface area contributed by atoms with Gasteiger partial charge in [-0.3, -0.25) is 47.4 Å². The first kappa shape index (κ1) is 43.7. The third kappa shape index (κ3) is 8.80. The number of amides is 2. The van der Waals surface area contributed by atoms with Crippen LogP contribution in [0.3, 0.4) is 0 Å². The van der Waals surface area contributed by atoms with Crippen LogP contribution in [-0.4, -0.2) is 112 Å². The molecule has 4 N–H and O–H groups in total. The van der Waals surface area contributed by atoms with Crippen LogP contribution in [0.1, 0.15) is 49.5 Å². The summed E-state index contributed by atoms with van der Waals surface area (Å²) in [7, 11) is -4.47. The number of hydrogen-bond acceptors (Lipinski definition) is 17. The van der Waals surface area contributed by atoms with Gasteiger partial charge in [-0.15, -0.1) is 0 Å². The third-order valence-corrected chi connectivity index (χ3v) is 13.5. The van der Waals surface area contributed by atoms with Gasteiger partial charge in [-0.2, -0.15) is 10.2 Å². The number of nitriles is 1. The molecule has 7 heterocycles. The van der Waals surface area contributed by atoms with E-state index in [9.17, 15) is 29.1 Å². The Morgan fingerprint density at radius 2 is 1.68 bits per heavy atom. The normalized spacial score (nSPS) is 30.3. The number of imidazole rings is 2. The van der Waals surface area contributed by atoms with Gasteiger partial charge in [0.25, 0.3) is 11.5 Å². The van der Waals surface area contributed by atoms with E-state index < -0.39 is 106 Å². The molecule has 4 aromatic heterocycles. The average Bonchev–Trinajstić information content (AvgIpc) is 4.01. The fraction of sp³-hybridized carbons (Fsp3) is 0.457. The second-order valence-corrected chi connectivity index (χ2v) is 19.5. The number of anilines is 2. The molecule has 0 aliphatic carbocycles. The van der Waals surface area contributed by atoms with Crippen LogP contribution >= 0.6 is 14.3 Å². The van der Waals surface area contributed by atoms with E-state index in [0.717, 1.165) is 17.2 Å². The van der Waals surface area contributed by atoms with Gasteiger partial charge in [0.1, 0.15) is 30.7 Å². The number of nitrogens with one attached hydrogen (secondary N) is 3. The Labute approximate surface area is 354 Å². The lowest BCUT2D eigenvalue weighted by molar-refractivity contribution is -0.118. The molecule has 0 radical (unpaired) electrons. The number of carbonyl (C=O) groups excluding carboxylic acids is 2. The minimum absolute atomic E-state index is 0.0117. The van der Waals surface area contributed by atoms with E-state index in [1.54, 1.807) is 44.2 Å². The number of halogens is 2. The van der Waals surface area contributed by atoms with Crippen molar-refractivity contribution in [3.05, 3.63) is 65.2 Å². The van der Waals surface area contributed by atoms with Gasteiger partial charge in [0.2, 0.25) is 11.9 Å². The van der Waals surface area contributed by atoms with E-state index in [4.69, 9.17) is 39.4 Å². The summed E-state index contributed by atoms with van der Waals surface area (Å²) in [5, 5.41) is 14.4. The number of ether oxygens (including phenoxy) is 2. The van der Waals surface area contributed by atoms with Crippen molar-refractivity contribution >= 4 is 72.0 Å². The van der Waals surface area contributed by atoms with Gasteiger partial charge in [-0.25, -0.2) is 28.7 Å². The van der Waals surface area contributed by atoms with Gasteiger partial charge in [0, 0.05) is 17.9 Å². The molecule has 62 heavy (non-hydrogen) atoms. The smallest absolute Gasteiger partial charge is 0.331 e. The number of carbonyl (C=O) groups is 2. The lowest BCUT2D eigenvalue weighted by atomic mass is 10.1. The zero-order valence-electron chi connectivity index (χ0n) is 32.5. The van der Waals surface area contributed by atoms with Crippen molar-refractivity contribution in [3.63, 3.8) is 0 Å². The van der Waals surface area contributed by atoms with E-state index in [2.05, 4.69) is 40.5 Å².